The van der Waals surface area contributed by atoms with Gasteiger partial charge in [-0.25, -0.2) is 0 Å². The molecule has 17 heavy (non-hydrogen) atoms. The van der Waals surface area contributed by atoms with Crippen LogP contribution in [0.25, 0.3) is 0 Å². The van der Waals surface area contributed by atoms with Crippen molar-refractivity contribution in [3.63, 3.8) is 0 Å². The number of rotatable bonds is 4. The molecule has 0 aromatic carbocycles. The molecular formula is C12H20N2O3. The number of hydrogen-bond acceptors (Lipinski definition) is 3. The third-order valence-corrected chi connectivity index (χ3v) is 3.95. The van der Waals surface area contributed by atoms with Gasteiger partial charge in [-0.1, -0.05) is 0 Å². The first kappa shape index (κ1) is 12.4. The predicted octanol–water partition coefficient (Wildman–Crippen LogP) is 0.452. The molecule has 2 fully saturated rings. The molecule has 5 nitrogen and oxygen atoms in total. The molecular weight excluding hydrogens is 220 g/mol. The largest absolute Gasteiger partial charge is 0.481 e. The number of nitrogens with zero attached hydrogens (tertiary/aromatic N) is 1. The maximum absolute atomic E-state index is 12.1. The van der Waals surface area contributed by atoms with Crippen LogP contribution in [0.1, 0.15) is 32.1 Å². The summed E-state index contributed by atoms with van der Waals surface area (Å²) in [6.45, 7) is 1.74. The van der Waals surface area contributed by atoms with Crippen LogP contribution in [0, 0.1) is 5.92 Å². The van der Waals surface area contributed by atoms with E-state index >= 15 is 0 Å². The van der Waals surface area contributed by atoms with E-state index in [2.05, 4.69) is 10.2 Å². The van der Waals surface area contributed by atoms with Crippen LogP contribution in [-0.2, 0) is 9.59 Å². The molecule has 2 N–H and O–H groups in total. The molecule has 5 heteroatoms. The highest BCUT2D eigenvalue weighted by Gasteiger charge is 2.41. The van der Waals surface area contributed by atoms with E-state index in [1.165, 1.54) is 0 Å². The molecule has 0 spiro atoms. The number of carbonyl (C=O) groups excluding carboxylic acids is 1. The highest BCUT2D eigenvalue weighted by atomic mass is 16.4. The minimum atomic E-state index is -0.825. The van der Waals surface area contributed by atoms with Crippen molar-refractivity contribution in [1.82, 2.24) is 10.2 Å². The van der Waals surface area contributed by atoms with Crippen molar-refractivity contribution in [1.29, 1.82) is 0 Å². The van der Waals surface area contributed by atoms with Gasteiger partial charge in [0.05, 0.1) is 17.9 Å². The highest BCUT2D eigenvalue weighted by Crippen LogP contribution is 2.35. The summed E-state index contributed by atoms with van der Waals surface area (Å²) in [6.07, 6.45) is 3.55. The molecule has 1 saturated carbocycles. The number of carboxylic acid groups (broad SMARTS) is 1. The Labute approximate surface area is 101 Å². The van der Waals surface area contributed by atoms with Gasteiger partial charge in [-0.3, -0.25) is 9.59 Å². The Morgan fingerprint density at radius 3 is 2.59 bits per heavy atom. The molecule has 1 unspecified atom stereocenters. The lowest BCUT2D eigenvalue weighted by Crippen LogP contribution is -2.56. The quantitative estimate of drug-likeness (QED) is 0.748. The average Bonchev–Trinajstić information content (AvgIpc) is 2.60. The second-order valence-corrected chi connectivity index (χ2v) is 5.44. The second kappa shape index (κ2) is 4.64. The Hall–Kier alpha value is -1.10. The average molecular weight is 240 g/mol. The number of hydrogen-bond donors (Lipinski definition) is 2. The van der Waals surface area contributed by atoms with Crippen LogP contribution in [0.5, 0.6) is 0 Å². The van der Waals surface area contributed by atoms with Gasteiger partial charge in [-0.15, -0.1) is 0 Å². The van der Waals surface area contributed by atoms with Crippen molar-refractivity contribution in [2.75, 3.05) is 20.1 Å². The first-order chi connectivity index (χ1) is 8.01. The molecule has 1 saturated heterocycles. The molecule has 0 bridgehead atoms. The fraction of sp³-hybridized carbons (Fsp3) is 0.833. The highest BCUT2D eigenvalue weighted by molar-refractivity contribution is 5.81. The fourth-order valence-corrected chi connectivity index (χ4v) is 2.75. The van der Waals surface area contributed by atoms with Gasteiger partial charge in [0, 0.05) is 6.54 Å². The minimum Gasteiger partial charge on any atom is -0.481 e. The predicted molar refractivity (Wildman–Crippen MR) is 62.6 cm³/mol. The molecule has 1 amide bonds. The normalized spacial score (nSPS) is 27.5. The molecule has 0 aromatic heterocycles. The maximum atomic E-state index is 12.1. The zero-order valence-electron chi connectivity index (χ0n) is 10.2. The van der Waals surface area contributed by atoms with Crippen molar-refractivity contribution in [2.24, 2.45) is 5.92 Å². The van der Waals surface area contributed by atoms with Crippen molar-refractivity contribution >= 4 is 11.9 Å². The SMILES string of the molecule is CN1CCC(C(=O)NC2(CC(=O)O)CCC2)C1. The number of amides is 1. The molecule has 1 heterocycles. The third kappa shape index (κ3) is 2.77. The topological polar surface area (TPSA) is 69.6 Å². The summed E-state index contributed by atoms with van der Waals surface area (Å²) in [7, 11) is 2.00. The van der Waals surface area contributed by atoms with Crippen LogP contribution in [0.3, 0.4) is 0 Å². The van der Waals surface area contributed by atoms with Crippen molar-refractivity contribution in [2.45, 2.75) is 37.6 Å². The van der Waals surface area contributed by atoms with Gasteiger partial charge in [0.15, 0.2) is 0 Å². The van der Waals surface area contributed by atoms with Crippen molar-refractivity contribution in [3.05, 3.63) is 0 Å². The van der Waals surface area contributed by atoms with Gasteiger partial charge < -0.3 is 15.3 Å². The van der Waals surface area contributed by atoms with Gasteiger partial charge in [-0.05, 0) is 39.3 Å². The van der Waals surface area contributed by atoms with Gasteiger partial charge in [0.1, 0.15) is 0 Å². The molecule has 1 atom stereocenters. The Morgan fingerprint density at radius 1 is 1.47 bits per heavy atom. The molecule has 1 aliphatic heterocycles. The summed E-state index contributed by atoms with van der Waals surface area (Å²) in [4.78, 5) is 25.0. The Morgan fingerprint density at radius 2 is 2.18 bits per heavy atom. The molecule has 0 radical (unpaired) electrons. The minimum absolute atomic E-state index is 0.0336. The number of nitrogens with one attached hydrogen (secondary N) is 1. The third-order valence-electron chi connectivity index (χ3n) is 3.95. The standard InChI is InChI=1S/C12H20N2O3/c1-14-6-3-9(8-14)11(17)13-12(4-2-5-12)7-10(15)16/h9H,2-8H2,1H3,(H,13,17)(H,15,16). The second-order valence-electron chi connectivity index (χ2n) is 5.44. The van der Waals surface area contributed by atoms with Crippen molar-refractivity contribution < 1.29 is 14.7 Å². The van der Waals surface area contributed by atoms with E-state index in [0.717, 1.165) is 38.8 Å². The summed E-state index contributed by atoms with van der Waals surface area (Å²) >= 11 is 0. The monoisotopic (exact) mass is 240 g/mol. The first-order valence-corrected chi connectivity index (χ1v) is 6.23. The van der Waals surface area contributed by atoms with E-state index in [0.29, 0.717) is 0 Å². The van der Waals surface area contributed by atoms with Crippen LogP contribution in [-0.4, -0.2) is 47.6 Å². The van der Waals surface area contributed by atoms with E-state index < -0.39 is 11.5 Å². The zero-order valence-corrected chi connectivity index (χ0v) is 10.2. The molecule has 2 rings (SSSR count). The summed E-state index contributed by atoms with van der Waals surface area (Å²) in [5, 5.41) is 11.9. The van der Waals surface area contributed by atoms with Crippen LogP contribution in [0.4, 0.5) is 0 Å². The van der Waals surface area contributed by atoms with E-state index in [4.69, 9.17) is 5.11 Å². The molecule has 2 aliphatic rings. The van der Waals surface area contributed by atoms with E-state index in [1.807, 2.05) is 7.05 Å². The lowest BCUT2D eigenvalue weighted by molar-refractivity contribution is -0.140. The number of aliphatic carboxylic acids is 1. The lowest BCUT2D eigenvalue weighted by atomic mass is 9.74. The van der Waals surface area contributed by atoms with E-state index in [-0.39, 0.29) is 18.2 Å². The smallest absolute Gasteiger partial charge is 0.305 e. The molecule has 96 valence electrons. The van der Waals surface area contributed by atoms with Crippen molar-refractivity contribution in [3.8, 4) is 0 Å². The number of likely N-dealkylation sites (tertiary alicyclic amines) is 1. The lowest BCUT2D eigenvalue weighted by Gasteiger charge is -2.42. The Kier molecular flexibility index (Phi) is 3.38. The Balaban J connectivity index is 1.90. The fourth-order valence-electron chi connectivity index (χ4n) is 2.75. The van der Waals surface area contributed by atoms with Crippen LogP contribution < -0.4 is 5.32 Å². The van der Waals surface area contributed by atoms with Crippen LogP contribution in [0.2, 0.25) is 0 Å². The zero-order chi connectivity index (χ0) is 12.5. The summed E-state index contributed by atoms with van der Waals surface area (Å²) in [6, 6.07) is 0. The summed E-state index contributed by atoms with van der Waals surface area (Å²) in [5.74, 6) is -0.755. The first-order valence-electron chi connectivity index (χ1n) is 6.23. The van der Waals surface area contributed by atoms with Gasteiger partial charge >= 0.3 is 5.97 Å². The van der Waals surface area contributed by atoms with E-state index in [9.17, 15) is 9.59 Å². The van der Waals surface area contributed by atoms with Gasteiger partial charge in [0.2, 0.25) is 5.91 Å². The Bertz CT molecular complexity index is 326. The maximum Gasteiger partial charge on any atom is 0.305 e. The molecule has 0 aromatic rings. The van der Waals surface area contributed by atoms with Gasteiger partial charge in [-0.2, -0.15) is 0 Å². The van der Waals surface area contributed by atoms with E-state index in [1.54, 1.807) is 0 Å². The summed E-state index contributed by atoms with van der Waals surface area (Å²) in [5.41, 5.74) is -0.454. The number of carbonyl (C=O) groups is 2. The number of carboxylic acids is 1. The molecule has 1 aliphatic carbocycles. The van der Waals surface area contributed by atoms with Gasteiger partial charge in [0.25, 0.3) is 0 Å². The summed E-state index contributed by atoms with van der Waals surface area (Å²) < 4.78 is 0. The van der Waals surface area contributed by atoms with Crippen LogP contribution >= 0.6 is 0 Å². The van der Waals surface area contributed by atoms with Crippen LogP contribution in [0.15, 0.2) is 0 Å².